The fourth-order valence-electron chi connectivity index (χ4n) is 4.42. The Morgan fingerprint density at radius 2 is 1.92 bits per heavy atom. The topological polar surface area (TPSA) is 119 Å². The summed E-state index contributed by atoms with van der Waals surface area (Å²) in [5.41, 5.74) is 4.02. The van der Waals surface area contributed by atoms with E-state index in [1.807, 2.05) is 12.1 Å². The maximum Gasteiger partial charge on any atom is 0.253 e. The predicted octanol–water partition coefficient (Wildman–Crippen LogP) is 4.08. The summed E-state index contributed by atoms with van der Waals surface area (Å²) < 4.78 is 30.5. The van der Waals surface area contributed by atoms with Crippen molar-refractivity contribution in [3.8, 4) is 28.5 Å². The van der Waals surface area contributed by atoms with Gasteiger partial charge in [-0.3, -0.25) is 9.89 Å². The Kier molecular flexibility index (Phi) is 6.26. The van der Waals surface area contributed by atoms with Crippen molar-refractivity contribution in [2.24, 2.45) is 0 Å². The van der Waals surface area contributed by atoms with Gasteiger partial charge in [0.2, 0.25) is 0 Å². The highest BCUT2D eigenvalue weighted by atomic mass is 19.1. The van der Waals surface area contributed by atoms with Crippen molar-refractivity contribution in [3.63, 3.8) is 0 Å². The third-order valence-corrected chi connectivity index (χ3v) is 6.55. The Balaban J connectivity index is 1.15. The smallest absolute Gasteiger partial charge is 0.253 e. The minimum Gasteiger partial charge on any atom is -0.488 e. The van der Waals surface area contributed by atoms with Gasteiger partial charge in [0.1, 0.15) is 24.3 Å². The maximum absolute atomic E-state index is 14.6. The number of hydrogen-bond acceptors (Lipinski definition) is 8. The van der Waals surface area contributed by atoms with E-state index in [0.29, 0.717) is 53.3 Å². The number of rotatable bonds is 8. The van der Waals surface area contributed by atoms with Crippen LogP contribution in [-0.4, -0.2) is 69.5 Å². The zero-order valence-electron chi connectivity index (χ0n) is 20.4. The van der Waals surface area contributed by atoms with E-state index in [2.05, 4.69) is 25.3 Å². The summed E-state index contributed by atoms with van der Waals surface area (Å²) in [7, 11) is 1.55. The number of carbonyl (C=O) groups excluding carboxylic acids is 1. The quantitative estimate of drug-likeness (QED) is 0.308. The first-order chi connectivity index (χ1) is 18.6. The first-order valence-electron chi connectivity index (χ1n) is 12.0. The van der Waals surface area contributed by atoms with Crippen molar-refractivity contribution < 1.29 is 23.2 Å². The SMILES string of the molecule is COCCOc1cc2[nH]nc(-c3cc(-c4ccc(C(=O)N5CC(c6cncnc6)C5)cc4)no3)c2cc1F. The Morgan fingerprint density at radius 1 is 1.13 bits per heavy atom. The largest absolute Gasteiger partial charge is 0.488 e. The Bertz CT molecular complexity index is 1580. The van der Waals surface area contributed by atoms with E-state index in [9.17, 15) is 9.18 Å². The summed E-state index contributed by atoms with van der Waals surface area (Å²) in [4.78, 5) is 22.8. The molecule has 1 N–H and O–H groups in total. The van der Waals surface area contributed by atoms with Crippen LogP contribution < -0.4 is 4.74 Å². The lowest BCUT2D eigenvalue weighted by Crippen LogP contribution is -2.48. The van der Waals surface area contributed by atoms with Crippen LogP contribution in [0.15, 0.2) is 65.7 Å². The van der Waals surface area contributed by atoms with Gasteiger partial charge in [-0.1, -0.05) is 17.3 Å². The van der Waals surface area contributed by atoms with Gasteiger partial charge in [-0.15, -0.1) is 0 Å². The zero-order chi connectivity index (χ0) is 26.1. The van der Waals surface area contributed by atoms with E-state index in [1.165, 1.54) is 12.4 Å². The molecule has 1 saturated heterocycles. The van der Waals surface area contributed by atoms with Crippen LogP contribution in [-0.2, 0) is 4.74 Å². The molecule has 1 amide bonds. The van der Waals surface area contributed by atoms with Gasteiger partial charge in [0.05, 0.1) is 12.1 Å². The van der Waals surface area contributed by atoms with Crippen LogP contribution in [0.4, 0.5) is 4.39 Å². The first kappa shape index (κ1) is 23.7. The molecule has 0 spiro atoms. The summed E-state index contributed by atoms with van der Waals surface area (Å²) in [6.07, 6.45) is 5.08. The van der Waals surface area contributed by atoms with Gasteiger partial charge in [-0.05, 0) is 23.8 Å². The molecule has 0 unspecified atom stereocenters. The molecule has 0 aliphatic carbocycles. The zero-order valence-corrected chi connectivity index (χ0v) is 20.4. The van der Waals surface area contributed by atoms with Gasteiger partial charge >= 0.3 is 0 Å². The highest BCUT2D eigenvalue weighted by molar-refractivity contribution is 5.95. The van der Waals surface area contributed by atoms with Gasteiger partial charge in [-0.25, -0.2) is 14.4 Å². The second-order valence-electron chi connectivity index (χ2n) is 8.97. The molecule has 0 saturated carbocycles. The van der Waals surface area contributed by atoms with Crippen LogP contribution in [0, 0.1) is 5.82 Å². The molecular weight excluding hydrogens is 491 g/mol. The van der Waals surface area contributed by atoms with E-state index >= 15 is 0 Å². The van der Waals surface area contributed by atoms with Crippen LogP contribution in [0.5, 0.6) is 5.75 Å². The lowest BCUT2D eigenvalue weighted by atomic mass is 9.93. The van der Waals surface area contributed by atoms with E-state index in [1.54, 1.807) is 48.7 Å². The van der Waals surface area contributed by atoms with Gasteiger partial charge in [0.25, 0.3) is 5.91 Å². The molecule has 10 nitrogen and oxygen atoms in total. The monoisotopic (exact) mass is 514 g/mol. The van der Waals surface area contributed by atoms with Crippen LogP contribution in [0.2, 0.25) is 0 Å². The van der Waals surface area contributed by atoms with Gasteiger partial charge in [0, 0.05) is 67.2 Å². The number of ether oxygens (including phenoxy) is 2. The summed E-state index contributed by atoms with van der Waals surface area (Å²) in [5, 5.41) is 11.9. The molecule has 192 valence electrons. The molecule has 3 aromatic heterocycles. The average Bonchev–Trinajstić information content (AvgIpc) is 3.56. The minimum atomic E-state index is -0.512. The predicted molar refractivity (Wildman–Crippen MR) is 135 cm³/mol. The second kappa shape index (κ2) is 10.0. The maximum atomic E-state index is 14.6. The number of hydrogen-bond donors (Lipinski definition) is 1. The van der Waals surface area contributed by atoms with Crippen LogP contribution >= 0.6 is 0 Å². The minimum absolute atomic E-state index is 0.0268. The van der Waals surface area contributed by atoms with Crippen molar-refractivity contribution in [2.75, 3.05) is 33.4 Å². The highest BCUT2D eigenvalue weighted by Gasteiger charge is 2.32. The first-order valence-corrected chi connectivity index (χ1v) is 12.0. The van der Waals surface area contributed by atoms with Crippen molar-refractivity contribution in [2.45, 2.75) is 5.92 Å². The summed E-state index contributed by atoms with van der Waals surface area (Å²) in [5.74, 6) is 0.216. The number of H-pyrrole nitrogens is 1. The molecule has 0 radical (unpaired) electrons. The van der Waals surface area contributed by atoms with Crippen molar-refractivity contribution in [3.05, 3.63) is 78.1 Å². The van der Waals surface area contributed by atoms with Crippen molar-refractivity contribution in [1.29, 1.82) is 0 Å². The lowest BCUT2D eigenvalue weighted by molar-refractivity contribution is 0.0601. The Morgan fingerprint density at radius 3 is 2.68 bits per heavy atom. The molecule has 38 heavy (non-hydrogen) atoms. The molecule has 0 bridgehead atoms. The molecule has 11 heteroatoms. The second-order valence-corrected chi connectivity index (χ2v) is 8.97. The number of amides is 1. The van der Waals surface area contributed by atoms with E-state index in [4.69, 9.17) is 14.0 Å². The van der Waals surface area contributed by atoms with Crippen molar-refractivity contribution >= 4 is 16.8 Å². The Labute approximate surface area is 216 Å². The van der Waals surface area contributed by atoms with E-state index in [0.717, 1.165) is 11.1 Å². The molecule has 1 aliphatic rings. The van der Waals surface area contributed by atoms with Crippen molar-refractivity contribution in [1.82, 2.24) is 30.2 Å². The lowest BCUT2D eigenvalue weighted by Gasteiger charge is -2.39. The third-order valence-electron chi connectivity index (χ3n) is 6.55. The average molecular weight is 515 g/mol. The van der Waals surface area contributed by atoms with E-state index < -0.39 is 5.82 Å². The number of methoxy groups -OCH3 is 1. The fraction of sp³-hybridized carbons (Fsp3) is 0.222. The molecule has 0 atom stereocenters. The summed E-state index contributed by atoms with van der Waals surface area (Å²) >= 11 is 0. The molecule has 5 aromatic rings. The number of aromatic nitrogens is 5. The number of aromatic amines is 1. The molecule has 6 rings (SSSR count). The number of benzene rings is 2. The molecule has 4 heterocycles. The Hall–Kier alpha value is -4.64. The fourth-order valence-corrected chi connectivity index (χ4v) is 4.42. The van der Waals surface area contributed by atoms with Gasteiger partial charge < -0.3 is 18.9 Å². The molecule has 2 aromatic carbocycles. The number of nitrogens with one attached hydrogen (secondary N) is 1. The van der Waals surface area contributed by atoms with Crippen LogP contribution in [0.1, 0.15) is 21.8 Å². The highest BCUT2D eigenvalue weighted by Crippen LogP contribution is 2.33. The van der Waals surface area contributed by atoms with Gasteiger partial charge in [-0.2, -0.15) is 5.10 Å². The summed E-state index contributed by atoms with van der Waals surface area (Å²) in [6.45, 7) is 1.86. The standard InChI is InChI=1S/C27H23FN6O4/c1-36-6-7-37-24-10-23-20(8-21(24)28)26(32-31-23)25-9-22(33-38-25)16-2-4-17(5-3-16)27(35)34-13-19(14-34)18-11-29-15-30-12-18/h2-5,8-12,15,19H,6-7,13-14H2,1H3,(H,31,32). The van der Waals surface area contributed by atoms with Gasteiger partial charge in [0.15, 0.2) is 17.3 Å². The van der Waals surface area contributed by atoms with Crippen LogP contribution in [0.3, 0.4) is 0 Å². The van der Waals surface area contributed by atoms with Crippen LogP contribution in [0.25, 0.3) is 33.6 Å². The number of nitrogens with zero attached hydrogens (tertiary/aromatic N) is 5. The third kappa shape index (κ3) is 4.48. The number of halogens is 1. The van der Waals surface area contributed by atoms with E-state index in [-0.39, 0.29) is 24.2 Å². The molecule has 1 aliphatic heterocycles. The number of fused-ring (bicyclic) bond motifs is 1. The number of carbonyl (C=O) groups is 1. The normalized spacial score (nSPS) is 13.6. The number of likely N-dealkylation sites (tertiary alicyclic amines) is 1. The molecule has 1 fully saturated rings. The molecular formula is C27H23FN6O4. The summed E-state index contributed by atoms with van der Waals surface area (Å²) in [6, 6.07) is 11.8.